The van der Waals surface area contributed by atoms with E-state index in [2.05, 4.69) is 31.1 Å². The molecule has 0 atom stereocenters. The molecule has 1 aromatic carbocycles. The number of nitrogens with one attached hydrogen (secondary N) is 2. The summed E-state index contributed by atoms with van der Waals surface area (Å²) in [6, 6.07) is 6.97. The van der Waals surface area contributed by atoms with Gasteiger partial charge in [-0.3, -0.25) is 14.9 Å². The summed E-state index contributed by atoms with van der Waals surface area (Å²) >= 11 is 0. The molecule has 126 valence electrons. The lowest BCUT2D eigenvalue weighted by Crippen LogP contribution is -2.15. The quantitative estimate of drug-likeness (QED) is 0.716. The van der Waals surface area contributed by atoms with Gasteiger partial charge in [0.1, 0.15) is 12.6 Å². The molecular formula is C15H13N7O3. The van der Waals surface area contributed by atoms with Crippen molar-refractivity contribution < 1.29 is 14.0 Å². The second-order valence-corrected chi connectivity index (χ2v) is 5.56. The number of tetrazole rings is 1. The minimum absolute atomic E-state index is 0.0241. The van der Waals surface area contributed by atoms with Gasteiger partial charge in [-0.05, 0) is 47.5 Å². The maximum Gasteiger partial charge on any atom is 0.302 e. The van der Waals surface area contributed by atoms with E-state index in [0.717, 1.165) is 18.5 Å². The molecule has 2 heterocycles. The fraction of sp³-hybridized carbons (Fsp3) is 0.200. The number of aromatic nitrogens is 5. The monoisotopic (exact) mass is 339 g/mol. The molecule has 2 amide bonds. The standard InChI is InChI=1S/C15H13N7O3/c23-13(9-1-2-9)19-15-18-12(7-25-15)14(24)17-10-3-5-11(6-4-10)22-8-16-20-21-22/h3-9H,1-2H2,(H,17,24)(H,18,19,23). The van der Waals surface area contributed by atoms with Crippen molar-refractivity contribution in [2.75, 3.05) is 10.6 Å². The topological polar surface area (TPSA) is 128 Å². The lowest BCUT2D eigenvalue weighted by Gasteiger charge is -2.04. The molecule has 1 fully saturated rings. The van der Waals surface area contributed by atoms with Crippen molar-refractivity contribution in [3.63, 3.8) is 0 Å². The van der Waals surface area contributed by atoms with Crippen molar-refractivity contribution in [2.24, 2.45) is 5.92 Å². The van der Waals surface area contributed by atoms with E-state index in [9.17, 15) is 9.59 Å². The van der Waals surface area contributed by atoms with Crippen molar-refractivity contribution in [1.82, 2.24) is 25.2 Å². The molecule has 2 N–H and O–H groups in total. The Bertz CT molecular complexity index is 898. The Balaban J connectivity index is 1.39. The summed E-state index contributed by atoms with van der Waals surface area (Å²) in [4.78, 5) is 27.8. The van der Waals surface area contributed by atoms with Crippen LogP contribution >= 0.6 is 0 Å². The van der Waals surface area contributed by atoms with Gasteiger partial charge in [0.05, 0.1) is 5.69 Å². The van der Waals surface area contributed by atoms with Crippen molar-refractivity contribution in [3.8, 4) is 5.69 Å². The summed E-state index contributed by atoms with van der Waals surface area (Å²) in [7, 11) is 0. The molecule has 1 aliphatic carbocycles. The van der Waals surface area contributed by atoms with Crippen LogP contribution in [0.3, 0.4) is 0 Å². The summed E-state index contributed by atoms with van der Waals surface area (Å²) in [6.45, 7) is 0. The Kier molecular flexibility index (Phi) is 3.69. The van der Waals surface area contributed by atoms with Gasteiger partial charge in [-0.2, -0.15) is 4.98 Å². The molecule has 0 spiro atoms. The number of anilines is 2. The third kappa shape index (κ3) is 3.37. The number of carbonyl (C=O) groups excluding carboxylic acids is 2. The molecule has 3 aromatic rings. The van der Waals surface area contributed by atoms with Gasteiger partial charge in [0.15, 0.2) is 5.69 Å². The number of hydrogen-bond donors (Lipinski definition) is 2. The number of benzene rings is 1. The zero-order valence-corrected chi connectivity index (χ0v) is 12.9. The maximum absolute atomic E-state index is 12.2. The van der Waals surface area contributed by atoms with E-state index < -0.39 is 5.91 Å². The SMILES string of the molecule is O=C(Nc1ccc(-n2cnnn2)cc1)c1coc(NC(=O)C2CC2)n1. The summed E-state index contributed by atoms with van der Waals surface area (Å²) in [5.41, 5.74) is 1.42. The highest BCUT2D eigenvalue weighted by molar-refractivity contribution is 6.03. The van der Waals surface area contributed by atoms with Crippen LogP contribution in [0.25, 0.3) is 5.69 Å². The van der Waals surface area contributed by atoms with Gasteiger partial charge in [0, 0.05) is 11.6 Å². The van der Waals surface area contributed by atoms with Crippen LogP contribution in [0.1, 0.15) is 23.3 Å². The molecule has 25 heavy (non-hydrogen) atoms. The zero-order chi connectivity index (χ0) is 17.2. The van der Waals surface area contributed by atoms with Gasteiger partial charge in [-0.25, -0.2) is 4.68 Å². The zero-order valence-electron chi connectivity index (χ0n) is 12.9. The van der Waals surface area contributed by atoms with Crippen molar-refractivity contribution in [1.29, 1.82) is 0 Å². The molecule has 0 bridgehead atoms. The first-order valence-electron chi connectivity index (χ1n) is 7.60. The molecular weight excluding hydrogens is 326 g/mol. The molecule has 10 heteroatoms. The van der Waals surface area contributed by atoms with Crippen LogP contribution in [-0.4, -0.2) is 37.0 Å². The molecule has 1 saturated carbocycles. The van der Waals surface area contributed by atoms with Gasteiger partial charge < -0.3 is 9.73 Å². The molecule has 2 aromatic heterocycles. The summed E-state index contributed by atoms with van der Waals surface area (Å²) < 4.78 is 6.61. The summed E-state index contributed by atoms with van der Waals surface area (Å²) in [5, 5.41) is 16.1. The lowest BCUT2D eigenvalue weighted by molar-refractivity contribution is -0.117. The van der Waals surface area contributed by atoms with Gasteiger partial charge in [0.2, 0.25) is 5.91 Å². The molecule has 0 unspecified atom stereocenters. The Hall–Kier alpha value is -3.56. The fourth-order valence-corrected chi connectivity index (χ4v) is 2.16. The minimum Gasteiger partial charge on any atom is -0.431 e. The third-order valence-electron chi connectivity index (χ3n) is 3.65. The molecule has 0 radical (unpaired) electrons. The van der Waals surface area contributed by atoms with Gasteiger partial charge >= 0.3 is 6.01 Å². The smallest absolute Gasteiger partial charge is 0.302 e. The van der Waals surface area contributed by atoms with E-state index in [-0.39, 0.29) is 23.5 Å². The second kappa shape index (κ2) is 6.15. The Morgan fingerprint density at radius 3 is 2.64 bits per heavy atom. The number of oxazole rings is 1. The van der Waals surface area contributed by atoms with E-state index >= 15 is 0 Å². The predicted octanol–water partition coefficient (Wildman–Crippen LogP) is 1.25. The number of carbonyl (C=O) groups is 2. The van der Waals surface area contributed by atoms with E-state index in [0.29, 0.717) is 5.69 Å². The number of amides is 2. The van der Waals surface area contributed by atoms with E-state index in [1.807, 2.05) is 0 Å². The van der Waals surface area contributed by atoms with Crippen LogP contribution in [0.15, 0.2) is 41.3 Å². The first-order valence-corrected chi connectivity index (χ1v) is 7.60. The number of hydrogen-bond acceptors (Lipinski definition) is 7. The molecule has 0 saturated heterocycles. The van der Waals surface area contributed by atoms with Gasteiger partial charge in [-0.1, -0.05) is 0 Å². The first kappa shape index (κ1) is 15.0. The molecule has 4 rings (SSSR count). The van der Waals surface area contributed by atoms with E-state index in [4.69, 9.17) is 4.42 Å². The highest BCUT2D eigenvalue weighted by atomic mass is 16.4. The van der Waals surface area contributed by atoms with Crippen molar-refractivity contribution in [3.05, 3.63) is 42.5 Å². The normalized spacial score (nSPS) is 13.4. The molecule has 10 nitrogen and oxygen atoms in total. The van der Waals surface area contributed by atoms with Gasteiger partial charge in [-0.15, -0.1) is 5.10 Å². The van der Waals surface area contributed by atoms with Crippen molar-refractivity contribution >= 4 is 23.5 Å². The van der Waals surface area contributed by atoms with Crippen LogP contribution in [0.4, 0.5) is 11.7 Å². The Labute approximate surface area is 141 Å². The number of nitrogens with zero attached hydrogens (tertiary/aromatic N) is 5. The highest BCUT2D eigenvalue weighted by Crippen LogP contribution is 2.30. The number of rotatable bonds is 5. The summed E-state index contributed by atoms with van der Waals surface area (Å²) in [6.07, 6.45) is 4.43. The van der Waals surface area contributed by atoms with Crippen LogP contribution in [0.5, 0.6) is 0 Å². The predicted molar refractivity (Wildman–Crippen MR) is 85.0 cm³/mol. The largest absolute Gasteiger partial charge is 0.431 e. The second-order valence-electron chi connectivity index (χ2n) is 5.56. The van der Waals surface area contributed by atoms with Crippen LogP contribution in [0, 0.1) is 5.92 Å². The molecule has 0 aliphatic heterocycles. The van der Waals surface area contributed by atoms with Crippen LogP contribution < -0.4 is 10.6 Å². The average Bonchev–Trinajstić information content (AvgIpc) is 3.13. The molecule has 1 aliphatic rings. The van der Waals surface area contributed by atoms with Crippen LogP contribution in [-0.2, 0) is 4.79 Å². The lowest BCUT2D eigenvalue weighted by atomic mass is 10.2. The highest BCUT2D eigenvalue weighted by Gasteiger charge is 2.30. The Morgan fingerprint density at radius 2 is 1.96 bits per heavy atom. The van der Waals surface area contributed by atoms with E-state index in [1.165, 1.54) is 17.3 Å². The third-order valence-corrected chi connectivity index (χ3v) is 3.65. The maximum atomic E-state index is 12.2. The van der Waals surface area contributed by atoms with E-state index in [1.54, 1.807) is 24.3 Å². The Morgan fingerprint density at radius 1 is 1.16 bits per heavy atom. The fourth-order valence-electron chi connectivity index (χ4n) is 2.16. The van der Waals surface area contributed by atoms with Crippen LogP contribution in [0.2, 0.25) is 0 Å². The average molecular weight is 339 g/mol. The van der Waals surface area contributed by atoms with Crippen molar-refractivity contribution in [2.45, 2.75) is 12.8 Å². The minimum atomic E-state index is -0.439. The summed E-state index contributed by atoms with van der Waals surface area (Å²) in [5.74, 6) is -0.541. The first-order chi connectivity index (χ1) is 12.2. The van der Waals surface area contributed by atoms with Gasteiger partial charge in [0.25, 0.3) is 5.91 Å².